The third-order valence-electron chi connectivity index (χ3n) is 3.98. The molecule has 0 spiro atoms. The largest absolute Gasteiger partial charge is 0.460 e. The Kier molecular flexibility index (Phi) is 9.41. The predicted octanol–water partition coefficient (Wildman–Crippen LogP) is 2.81. The first kappa shape index (κ1) is 32.9. The summed E-state index contributed by atoms with van der Waals surface area (Å²) in [5.74, 6) is -33.3. The molecule has 34 heavy (non-hydrogen) atoms. The molecule has 0 aliphatic carbocycles. The average Bonchev–Trinajstić information content (AvgIpc) is 2.61. The van der Waals surface area contributed by atoms with Crippen LogP contribution in [-0.2, 0) is 20.1 Å². The fraction of sp³-hybridized carbons (Fsp3) is 1.00. The minimum Gasteiger partial charge on any atom is -0.305 e. The Labute approximate surface area is 183 Å². The summed E-state index contributed by atoms with van der Waals surface area (Å²) in [6.07, 6.45) is -8.27. The van der Waals surface area contributed by atoms with Crippen molar-refractivity contribution >= 4 is 20.1 Å². The van der Waals surface area contributed by atoms with E-state index in [1.807, 2.05) is 0 Å². The number of hydrogen-bond donors (Lipinski definition) is 2. The molecule has 0 amide bonds. The highest BCUT2D eigenvalue weighted by atomic mass is 32.2. The van der Waals surface area contributed by atoms with Crippen molar-refractivity contribution in [3.8, 4) is 0 Å². The molecule has 0 rings (SSSR count). The Morgan fingerprint density at radius 1 is 0.706 bits per heavy atom. The molecule has 22 heteroatoms. The highest BCUT2D eigenvalue weighted by molar-refractivity contribution is 7.90. The zero-order chi connectivity index (χ0) is 27.8. The Balaban J connectivity index is 5.69. The Bertz CT molecular complexity index is 919. The fourth-order valence-corrected chi connectivity index (χ4v) is 3.56. The molecule has 206 valence electrons. The Hall–Kier alpha value is -1.13. The number of hydrogen-bond acceptors (Lipinski definition) is 5. The van der Waals surface area contributed by atoms with Crippen LogP contribution in [0.25, 0.3) is 0 Å². The number of sulfonamides is 1. The molecule has 2 N–H and O–H groups in total. The van der Waals surface area contributed by atoms with Crippen LogP contribution in [0.4, 0.5) is 57.1 Å². The number of nitrogens with one attached hydrogen (secondary N) is 1. The molecule has 0 bridgehead atoms. The zero-order valence-corrected chi connectivity index (χ0v) is 17.9. The van der Waals surface area contributed by atoms with Gasteiger partial charge in [-0.3, -0.25) is 4.55 Å². The van der Waals surface area contributed by atoms with E-state index >= 15 is 0 Å². The normalized spacial score (nSPS) is 15.8. The Morgan fingerprint density at radius 3 is 1.50 bits per heavy atom. The van der Waals surface area contributed by atoms with Gasteiger partial charge in [0, 0.05) is 13.1 Å². The van der Waals surface area contributed by atoms with Crippen LogP contribution in [0.1, 0.15) is 6.42 Å². The van der Waals surface area contributed by atoms with Gasteiger partial charge in [0.05, 0.1) is 5.75 Å². The first-order valence-electron chi connectivity index (χ1n) is 8.19. The minimum absolute atomic E-state index is 0.411. The number of rotatable bonds is 13. The van der Waals surface area contributed by atoms with Crippen molar-refractivity contribution in [2.24, 2.45) is 0 Å². The third kappa shape index (κ3) is 6.16. The van der Waals surface area contributed by atoms with Crippen LogP contribution in [0.3, 0.4) is 0 Å². The molecule has 0 saturated carbocycles. The van der Waals surface area contributed by atoms with Crippen LogP contribution in [0, 0.1) is 0 Å². The molecule has 0 heterocycles. The first-order valence-corrected chi connectivity index (χ1v) is 11.3. The standard InChI is InChI=1S/C12H15F13N2O5S2/c1-27(5-6-33(28,29)30)4-2-3-26-34(31,32)12(24,25)10(19,20)8(15,16)7(13,14)9(17,18)11(21,22)23/h26H,2-6H2,1H3,(H,28,29,30). The summed E-state index contributed by atoms with van der Waals surface area (Å²) >= 11 is 0. The topological polar surface area (TPSA) is 104 Å². The zero-order valence-electron chi connectivity index (χ0n) is 16.3. The van der Waals surface area contributed by atoms with Crippen LogP contribution in [0.2, 0.25) is 0 Å². The van der Waals surface area contributed by atoms with E-state index in [0.29, 0.717) is 4.72 Å². The van der Waals surface area contributed by atoms with Crippen molar-refractivity contribution in [3.05, 3.63) is 0 Å². The van der Waals surface area contributed by atoms with Gasteiger partial charge in [-0.05, 0) is 20.0 Å². The summed E-state index contributed by atoms with van der Waals surface area (Å²) in [5.41, 5.74) is 0. The number of halogens is 13. The smallest absolute Gasteiger partial charge is 0.305 e. The highest BCUT2D eigenvalue weighted by Gasteiger charge is 2.92. The summed E-state index contributed by atoms with van der Waals surface area (Å²) < 4.78 is 222. The molecule has 0 aliphatic heterocycles. The molecule has 7 nitrogen and oxygen atoms in total. The molecule has 0 atom stereocenters. The van der Waals surface area contributed by atoms with Gasteiger partial charge < -0.3 is 4.90 Å². The maximum absolute atomic E-state index is 13.7. The maximum atomic E-state index is 13.7. The van der Waals surface area contributed by atoms with Crippen molar-refractivity contribution in [1.82, 2.24) is 9.62 Å². The van der Waals surface area contributed by atoms with Gasteiger partial charge >= 0.3 is 35.1 Å². The van der Waals surface area contributed by atoms with Crippen molar-refractivity contribution in [2.75, 3.05) is 32.4 Å². The van der Waals surface area contributed by atoms with Gasteiger partial charge in [0.1, 0.15) is 0 Å². The third-order valence-corrected chi connectivity index (χ3v) is 6.20. The van der Waals surface area contributed by atoms with Gasteiger partial charge in [-0.15, -0.1) is 0 Å². The van der Waals surface area contributed by atoms with E-state index in [-0.39, 0.29) is 0 Å². The van der Waals surface area contributed by atoms with Crippen molar-refractivity contribution < 1.29 is 78.5 Å². The number of alkyl halides is 13. The average molecular weight is 578 g/mol. The van der Waals surface area contributed by atoms with E-state index < -0.39 is 87.1 Å². The van der Waals surface area contributed by atoms with Crippen LogP contribution in [0.5, 0.6) is 0 Å². The van der Waals surface area contributed by atoms with Crippen LogP contribution in [0.15, 0.2) is 0 Å². The molecule has 0 aliphatic rings. The lowest BCUT2D eigenvalue weighted by Gasteiger charge is -2.39. The lowest BCUT2D eigenvalue weighted by molar-refractivity contribution is -0.433. The molecule has 0 unspecified atom stereocenters. The molecule has 0 aromatic rings. The van der Waals surface area contributed by atoms with E-state index in [1.165, 1.54) is 0 Å². The van der Waals surface area contributed by atoms with E-state index in [0.717, 1.165) is 11.9 Å². The monoisotopic (exact) mass is 578 g/mol. The van der Waals surface area contributed by atoms with Crippen LogP contribution >= 0.6 is 0 Å². The van der Waals surface area contributed by atoms with Gasteiger partial charge in [-0.1, -0.05) is 0 Å². The molecule has 0 aromatic carbocycles. The van der Waals surface area contributed by atoms with Gasteiger partial charge in [0.15, 0.2) is 0 Å². The van der Waals surface area contributed by atoms with Crippen molar-refractivity contribution in [1.29, 1.82) is 0 Å². The molecule has 0 radical (unpaired) electrons. The van der Waals surface area contributed by atoms with Gasteiger partial charge in [-0.2, -0.15) is 65.5 Å². The molecular weight excluding hydrogens is 563 g/mol. The van der Waals surface area contributed by atoms with Crippen LogP contribution < -0.4 is 4.72 Å². The van der Waals surface area contributed by atoms with E-state index in [4.69, 9.17) is 4.55 Å². The lowest BCUT2D eigenvalue weighted by Crippen LogP contribution is -2.71. The van der Waals surface area contributed by atoms with Crippen molar-refractivity contribution in [3.63, 3.8) is 0 Å². The minimum atomic E-state index is -8.24. The van der Waals surface area contributed by atoms with E-state index in [9.17, 15) is 73.9 Å². The molecule has 0 fully saturated rings. The second-order valence-corrected chi connectivity index (χ2v) is 10.0. The SMILES string of the molecule is CN(CCCNS(=O)(=O)C(F)(F)C(F)(F)C(F)(F)C(F)(F)C(F)(F)C(F)(F)F)CCS(=O)(=O)O. The quantitative estimate of drug-likeness (QED) is 0.198. The van der Waals surface area contributed by atoms with Crippen LogP contribution in [-0.4, -0.2) is 93.8 Å². The number of nitrogens with zero attached hydrogens (tertiary/aromatic N) is 1. The maximum Gasteiger partial charge on any atom is 0.460 e. The second-order valence-electron chi connectivity index (χ2n) is 6.65. The van der Waals surface area contributed by atoms with E-state index in [1.54, 1.807) is 0 Å². The lowest BCUT2D eigenvalue weighted by atomic mass is 9.98. The molecular formula is C12H15F13N2O5S2. The molecule has 0 saturated heterocycles. The summed E-state index contributed by atoms with van der Waals surface area (Å²) in [5, 5.41) is -7.33. The summed E-state index contributed by atoms with van der Waals surface area (Å²) in [6.45, 7) is -2.15. The first-order chi connectivity index (χ1) is 14.6. The Morgan fingerprint density at radius 2 is 1.12 bits per heavy atom. The second kappa shape index (κ2) is 9.73. The van der Waals surface area contributed by atoms with Gasteiger partial charge in [0.25, 0.3) is 20.1 Å². The molecule has 0 aromatic heterocycles. The van der Waals surface area contributed by atoms with Gasteiger partial charge in [0.2, 0.25) is 0 Å². The highest BCUT2D eigenvalue weighted by Crippen LogP contribution is 2.60. The van der Waals surface area contributed by atoms with E-state index in [2.05, 4.69) is 0 Å². The summed E-state index contributed by atoms with van der Waals surface area (Å²) in [7, 11) is -10.4. The summed E-state index contributed by atoms with van der Waals surface area (Å²) in [6, 6.07) is 0. The van der Waals surface area contributed by atoms with Gasteiger partial charge in [-0.25, -0.2) is 13.1 Å². The van der Waals surface area contributed by atoms with Crippen molar-refractivity contribution in [2.45, 2.75) is 41.5 Å². The summed E-state index contributed by atoms with van der Waals surface area (Å²) in [4.78, 5) is 1.02. The fourth-order valence-electron chi connectivity index (χ4n) is 1.95. The predicted molar refractivity (Wildman–Crippen MR) is 86.2 cm³/mol.